The normalized spacial score (nSPS) is 16.6. The number of benzene rings is 1. The summed E-state index contributed by atoms with van der Waals surface area (Å²) in [5.74, 6) is 0.730. The molecule has 1 heteroatoms. The van der Waals surface area contributed by atoms with Gasteiger partial charge in [0.15, 0.2) is 0 Å². The lowest BCUT2D eigenvalue weighted by Gasteiger charge is -2.25. The van der Waals surface area contributed by atoms with E-state index in [0.717, 1.165) is 11.4 Å². The maximum atomic E-state index is 4.76. The Labute approximate surface area is 90.2 Å². The minimum Gasteiger partial charge on any atom is -0.253 e. The molecule has 1 aromatic carbocycles. The first kappa shape index (κ1) is 8.90. The summed E-state index contributed by atoms with van der Waals surface area (Å²) in [4.78, 5) is 4.76. The summed E-state index contributed by atoms with van der Waals surface area (Å²) in [7, 11) is 0. The molecule has 0 unspecified atom stereocenters. The lowest BCUT2D eigenvalue weighted by atomic mass is 9.82. The minimum atomic E-state index is 0.730. The van der Waals surface area contributed by atoms with Crippen molar-refractivity contribution in [3.05, 3.63) is 41.6 Å². The van der Waals surface area contributed by atoms with Crippen LogP contribution in [0.5, 0.6) is 0 Å². The number of aryl methyl sites for hydroxylation is 1. The molecule has 1 aromatic heterocycles. The molecule has 15 heavy (non-hydrogen) atoms. The highest BCUT2D eigenvalue weighted by molar-refractivity contribution is 5.82. The molecule has 0 atom stereocenters. The van der Waals surface area contributed by atoms with Crippen LogP contribution in [0.4, 0.5) is 0 Å². The predicted octanol–water partition coefficient (Wildman–Crippen LogP) is 3.81. The monoisotopic (exact) mass is 197 g/mol. The van der Waals surface area contributed by atoms with Gasteiger partial charge in [-0.15, -0.1) is 0 Å². The van der Waals surface area contributed by atoms with Crippen molar-refractivity contribution >= 4 is 10.9 Å². The van der Waals surface area contributed by atoms with Crippen LogP contribution in [0.2, 0.25) is 0 Å². The van der Waals surface area contributed by atoms with Crippen molar-refractivity contribution in [3.63, 3.8) is 0 Å². The third-order valence-corrected chi connectivity index (χ3v) is 3.47. The Balaban J connectivity index is 2.18. The van der Waals surface area contributed by atoms with Crippen LogP contribution in [-0.4, -0.2) is 4.98 Å². The van der Waals surface area contributed by atoms with Gasteiger partial charge in [0.1, 0.15) is 0 Å². The first-order valence-corrected chi connectivity index (χ1v) is 5.71. The Morgan fingerprint density at radius 3 is 2.73 bits per heavy atom. The van der Waals surface area contributed by atoms with Gasteiger partial charge in [-0.05, 0) is 37.5 Å². The van der Waals surface area contributed by atoms with Gasteiger partial charge in [-0.3, -0.25) is 4.98 Å². The first-order chi connectivity index (χ1) is 7.34. The lowest BCUT2D eigenvalue weighted by Crippen LogP contribution is -2.10. The van der Waals surface area contributed by atoms with Gasteiger partial charge in [-0.25, -0.2) is 0 Å². The van der Waals surface area contributed by atoms with Gasteiger partial charge in [0, 0.05) is 17.0 Å². The molecule has 1 nitrogen and oxygen atoms in total. The number of nitrogens with zero attached hydrogens (tertiary/aromatic N) is 1. The van der Waals surface area contributed by atoms with Gasteiger partial charge in [-0.1, -0.05) is 24.6 Å². The molecule has 1 aliphatic carbocycles. The van der Waals surface area contributed by atoms with Crippen molar-refractivity contribution in [2.45, 2.75) is 32.1 Å². The zero-order chi connectivity index (χ0) is 10.3. The molecule has 0 saturated heterocycles. The summed E-state index contributed by atoms with van der Waals surface area (Å²) in [6, 6.07) is 10.7. The van der Waals surface area contributed by atoms with E-state index in [4.69, 9.17) is 4.98 Å². The summed E-state index contributed by atoms with van der Waals surface area (Å²) >= 11 is 0. The number of pyridine rings is 1. The van der Waals surface area contributed by atoms with Crippen molar-refractivity contribution in [2.24, 2.45) is 0 Å². The third-order valence-electron chi connectivity index (χ3n) is 3.47. The average molecular weight is 197 g/mol. The van der Waals surface area contributed by atoms with Crippen molar-refractivity contribution in [3.8, 4) is 0 Å². The molecule has 0 bridgehead atoms. The molecule has 1 heterocycles. The van der Waals surface area contributed by atoms with Gasteiger partial charge < -0.3 is 0 Å². The van der Waals surface area contributed by atoms with Crippen molar-refractivity contribution < 1.29 is 0 Å². The molecule has 1 aliphatic rings. The molecule has 2 aromatic rings. The molecule has 0 amide bonds. The minimum absolute atomic E-state index is 0.730. The maximum Gasteiger partial charge on any atom is 0.0708 e. The van der Waals surface area contributed by atoms with Crippen LogP contribution in [0, 0.1) is 6.92 Å². The van der Waals surface area contributed by atoms with Gasteiger partial charge in [0.05, 0.1) is 5.52 Å². The number of hydrogen-bond acceptors (Lipinski definition) is 1. The number of fused-ring (bicyclic) bond motifs is 1. The van der Waals surface area contributed by atoms with E-state index in [-0.39, 0.29) is 0 Å². The van der Waals surface area contributed by atoms with E-state index in [1.165, 1.54) is 35.9 Å². The van der Waals surface area contributed by atoms with Crippen molar-refractivity contribution in [2.75, 3.05) is 0 Å². The van der Waals surface area contributed by atoms with Crippen LogP contribution in [0.15, 0.2) is 30.3 Å². The van der Waals surface area contributed by atoms with Gasteiger partial charge in [0.2, 0.25) is 0 Å². The highest BCUT2D eigenvalue weighted by atomic mass is 14.7. The molecule has 1 fully saturated rings. The average Bonchev–Trinajstić information content (AvgIpc) is 2.15. The fourth-order valence-electron chi connectivity index (χ4n) is 2.29. The first-order valence-electron chi connectivity index (χ1n) is 5.71. The molecular formula is C14H15N. The third kappa shape index (κ3) is 1.43. The van der Waals surface area contributed by atoms with Crippen LogP contribution in [0.3, 0.4) is 0 Å². The number of hydrogen-bond donors (Lipinski definition) is 0. The van der Waals surface area contributed by atoms with Crippen LogP contribution < -0.4 is 0 Å². The SMILES string of the molecule is Cc1cc(C2CCC2)nc2ccccc12. The largest absolute Gasteiger partial charge is 0.253 e. The maximum absolute atomic E-state index is 4.76. The second-order valence-electron chi connectivity index (χ2n) is 4.51. The molecule has 1 saturated carbocycles. The van der Waals surface area contributed by atoms with E-state index in [0.29, 0.717) is 0 Å². The van der Waals surface area contributed by atoms with Crippen LogP contribution >= 0.6 is 0 Å². The summed E-state index contributed by atoms with van der Waals surface area (Å²) in [6.45, 7) is 2.19. The Morgan fingerprint density at radius 1 is 1.20 bits per heavy atom. The standard InChI is InChI=1S/C14H15N/c1-10-9-14(11-5-4-6-11)15-13-8-3-2-7-12(10)13/h2-3,7-9,11H,4-6H2,1H3. The van der Waals surface area contributed by atoms with Crippen LogP contribution in [0.25, 0.3) is 10.9 Å². The van der Waals surface area contributed by atoms with E-state index >= 15 is 0 Å². The molecule has 76 valence electrons. The van der Waals surface area contributed by atoms with Crippen LogP contribution in [0.1, 0.15) is 36.4 Å². The highest BCUT2D eigenvalue weighted by Crippen LogP contribution is 2.36. The number of para-hydroxylation sites is 1. The van der Waals surface area contributed by atoms with E-state index in [1.807, 2.05) is 0 Å². The highest BCUT2D eigenvalue weighted by Gasteiger charge is 2.21. The fourth-order valence-corrected chi connectivity index (χ4v) is 2.29. The summed E-state index contributed by atoms with van der Waals surface area (Å²) in [6.07, 6.45) is 4.02. The van der Waals surface area contributed by atoms with Crippen molar-refractivity contribution in [1.29, 1.82) is 0 Å². The van der Waals surface area contributed by atoms with E-state index in [9.17, 15) is 0 Å². The Morgan fingerprint density at radius 2 is 2.00 bits per heavy atom. The zero-order valence-electron chi connectivity index (χ0n) is 9.03. The van der Waals surface area contributed by atoms with E-state index < -0.39 is 0 Å². The quantitative estimate of drug-likeness (QED) is 0.677. The van der Waals surface area contributed by atoms with Crippen LogP contribution in [-0.2, 0) is 0 Å². The van der Waals surface area contributed by atoms with Crippen molar-refractivity contribution in [1.82, 2.24) is 4.98 Å². The van der Waals surface area contributed by atoms with Gasteiger partial charge in [-0.2, -0.15) is 0 Å². The fraction of sp³-hybridized carbons (Fsp3) is 0.357. The molecular weight excluding hydrogens is 182 g/mol. The number of aromatic nitrogens is 1. The van der Waals surface area contributed by atoms with E-state index in [2.05, 4.69) is 37.3 Å². The number of rotatable bonds is 1. The Hall–Kier alpha value is -1.37. The Bertz CT molecular complexity index is 498. The van der Waals surface area contributed by atoms with Gasteiger partial charge >= 0.3 is 0 Å². The second kappa shape index (κ2) is 3.34. The lowest BCUT2D eigenvalue weighted by molar-refractivity contribution is 0.412. The molecule has 0 aliphatic heterocycles. The predicted molar refractivity (Wildman–Crippen MR) is 63.1 cm³/mol. The van der Waals surface area contributed by atoms with Gasteiger partial charge in [0.25, 0.3) is 0 Å². The molecule has 0 spiro atoms. The summed E-state index contributed by atoms with van der Waals surface area (Å²) in [5.41, 5.74) is 3.82. The molecule has 3 rings (SSSR count). The zero-order valence-corrected chi connectivity index (χ0v) is 9.03. The summed E-state index contributed by atoms with van der Waals surface area (Å²) < 4.78 is 0. The molecule has 0 N–H and O–H groups in total. The Kier molecular flexibility index (Phi) is 1.98. The second-order valence-corrected chi connectivity index (χ2v) is 4.51. The molecule has 0 radical (unpaired) electrons. The topological polar surface area (TPSA) is 12.9 Å². The van der Waals surface area contributed by atoms with E-state index in [1.54, 1.807) is 0 Å². The smallest absolute Gasteiger partial charge is 0.0708 e. The summed E-state index contributed by atoms with van der Waals surface area (Å²) in [5, 5.41) is 1.29.